The van der Waals surface area contributed by atoms with Gasteiger partial charge < -0.3 is 0 Å². The zero-order valence-electron chi connectivity index (χ0n) is 13.7. The van der Waals surface area contributed by atoms with Crippen molar-refractivity contribution in [1.82, 2.24) is 0 Å². The van der Waals surface area contributed by atoms with Crippen LogP contribution >= 0.6 is 0 Å². The molecule has 1 unspecified atom stereocenters. The van der Waals surface area contributed by atoms with E-state index in [2.05, 4.69) is 55.4 Å². The van der Waals surface area contributed by atoms with E-state index in [9.17, 15) is 0 Å². The predicted octanol–water partition coefficient (Wildman–Crippen LogP) is 6.45. The first-order valence-electron chi connectivity index (χ1n) is 7.76. The van der Waals surface area contributed by atoms with Gasteiger partial charge in [-0.25, -0.2) is 0 Å². The van der Waals surface area contributed by atoms with Gasteiger partial charge in [-0.2, -0.15) is 0 Å². The van der Waals surface area contributed by atoms with Crippen LogP contribution in [0.25, 0.3) is 0 Å². The van der Waals surface area contributed by atoms with Gasteiger partial charge in [-0.15, -0.1) is 0 Å². The Hall–Kier alpha value is 0. The molecule has 0 radical (unpaired) electrons. The van der Waals surface area contributed by atoms with Crippen LogP contribution in [0.5, 0.6) is 0 Å². The third-order valence-electron chi connectivity index (χ3n) is 6.32. The lowest BCUT2D eigenvalue weighted by atomic mass is 9.55. The molecule has 0 aliphatic heterocycles. The zero-order chi connectivity index (χ0) is 13.7. The van der Waals surface area contributed by atoms with Crippen LogP contribution in [-0.4, -0.2) is 0 Å². The Labute approximate surface area is 111 Å². The lowest BCUT2D eigenvalue weighted by Crippen LogP contribution is -2.40. The van der Waals surface area contributed by atoms with E-state index in [1.807, 2.05) is 0 Å². The maximum atomic E-state index is 2.53. The topological polar surface area (TPSA) is 0 Å². The second kappa shape index (κ2) is 6.25. The van der Waals surface area contributed by atoms with Gasteiger partial charge in [0, 0.05) is 0 Å². The summed E-state index contributed by atoms with van der Waals surface area (Å²) < 4.78 is 0. The summed E-state index contributed by atoms with van der Waals surface area (Å²) >= 11 is 0. The summed E-state index contributed by atoms with van der Waals surface area (Å²) in [6.45, 7) is 19.3. The smallest absolute Gasteiger partial charge is 0.0270 e. The van der Waals surface area contributed by atoms with E-state index in [0.29, 0.717) is 16.2 Å². The normalized spacial score (nSPS) is 16.9. The summed E-state index contributed by atoms with van der Waals surface area (Å²) in [5.41, 5.74) is 1.50. The van der Waals surface area contributed by atoms with E-state index >= 15 is 0 Å². The first kappa shape index (κ1) is 17.0. The summed E-state index contributed by atoms with van der Waals surface area (Å²) in [5, 5.41) is 0. The maximum Gasteiger partial charge on any atom is -0.0270 e. The van der Waals surface area contributed by atoms with Crippen LogP contribution in [0.3, 0.4) is 0 Å². The summed E-state index contributed by atoms with van der Waals surface area (Å²) in [6.07, 6.45) is 7.91. The largest absolute Gasteiger partial charge is 0.0649 e. The molecule has 17 heavy (non-hydrogen) atoms. The van der Waals surface area contributed by atoms with Crippen molar-refractivity contribution in [2.75, 3.05) is 0 Å². The molecule has 0 heteroatoms. The summed E-state index contributed by atoms with van der Waals surface area (Å²) in [4.78, 5) is 0. The molecule has 0 rings (SSSR count). The second-order valence-electron chi connectivity index (χ2n) is 6.88. The molecule has 0 aliphatic carbocycles. The molecule has 0 aliphatic rings. The molecule has 0 heterocycles. The van der Waals surface area contributed by atoms with Crippen molar-refractivity contribution in [2.45, 2.75) is 93.9 Å². The van der Waals surface area contributed by atoms with Crippen molar-refractivity contribution in [1.29, 1.82) is 0 Å². The van der Waals surface area contributed by atoms with Crippen molar-refractivity contribution in [3.63, 3.8) is 0 Å². The molecule has 0 saturated carbocycles. The monoisotopic (exact) mass is 240 g/mol. The van der Waals surface area contributed by atoms with Crippen molar-refractivity contribution in [2.24, 2.45) is 16.2 Å². The van der Waals surface area contributed by atoms with E-state index in [0.717, 1.165) is 0 Å². The van der Waals surface area contributed by atoms with Crippen LogP contribution in [0.2, 0.25) is 0 Å². The number of hydrogen-bond donors (Lipinski definition) is 0. The third kappa shape index (κ3) is 3.48. The minimum Gasteiger partial charge on any atom is -0.0649 e. The fraction of sp³-hybridized carbons (Fsp3) is 1.00. The minimum atomic E-state index is 0.483. The molecule has 0 aromatic rings. The fourth-order valence-electron chi connectivity index (χ4n) is 3.31. The highest BCUT2D eigenvalue weighted by Crippen LogP contribution is 2.54. The molecule has 1 atom stereocenters. The molecule has 104 valence electrons. The Morgan fingerprint density at radius 3 is 1.12 bits per heavy atom. The van der Waals surface area contributed by atoms with Gasteiger partial charge >= 0.3 is 0 Å². The predicted molar refractivity (Wildman–Crippen MR) is 80.4 cm³/mol. The summed E-state index contributed by atoms with van der Waals surface area (Å²) in [7, 11) is 0. The van der Waals surface area contributed by atoms with E-state index in [4.69, 9.17) is 0 Å². The van der Waals surface area contributed by atoms with Crippen molar-refractivity contribution >= 4 is 0 Å². The Kier molecular flexibility index (Phi) is 6.25. The van der Waals surface area contributed by atoms with Gasteiger partial charge in [-0.1, -0.05) is 87.5 Å². The Balaban J connectivity index is 5.15. The van der Waals surface area contributed by atoms with Crippen LogP contribution in [0.15, 0.2) is 0 Å². The van der Waals surface area contributed by atoms with Crippen LogP contribution in [0.1, 0.15) is 93.9 Å². The average Bonchev–Trinajstić information content (AvgIpc) is 2.37. The van der Waals surface area contributed by atoms with Crippen LogP contribution < -0.4 is 0 Å². The Morgan fingerprint density at radius 2 is 0.882 bits per heavy atom. The Bertz CT molecular complexity index is 208. The van der Waals surface area contributed by atoms with Crippen LogP contribution in [-0.2, 0) is 0 Å². The van der Waals surface area contributed by atoms with E-state index in [-0.39, 0.29) is 0 Å². The van der Waals surface area contributed by atoms with Gasteiger partial charge in [-0.3, -0.25) is 0 Å². The van der Waals surface area contributed by atoms with Crippen molar-refractivity contribution in [3.8, 4) is 0 Å². The fourth-order valence-corrected chi connectivity index (χ4v) is 3.31. The molecule has 0 saturated heterocycles. The first-order chi connectivity index (χ1) is 7.76. The summed E-state index contributed by atoms with van der Waals surface area (Å²) in [5.74, 6) is 0. The van der Waals surface area contributed by atoms with Gasteiger partial charge in [0.15, 0.2) is 0 Å². The molecule has 0 spiro atoms. The van der Waals surface area contributed by atoms with E-state index in [1.165, 1.54) is 38.5 Å². The molecule has 0 amide bonds. The molecule has 0 aromatic heterocycles. The van der Waals surface area contributed by atoms with Gasteiger partial charge in [-0.05, 0) is 22.7 Å². The van der Waals surface area contributed by atoms with Crippen molar-refractivity contribution < 1.29 is 0 Å². The SMILES string of the molecule is CCC(C)(CC)CC(C)(CC)C(C)(CC)CC. The summed E-state index contributed by atoms with van der Waals surface area (Å²) in [6, 6.07) is 0. The minimum absolute atomic E-state index is 0.483. The standard InChI is InChI=1S/C17H36/c1-9-15(6,10-2)14-17(8,13-5)16(7,11-3)12-4/h9-14H2,1-8H3. The highest BCUT2D eigenvalue weighted by Gasteiger charge is 2.43. The highest BCUT2D eigenvalue weighted by molar-refractivity contribution is 4.94. The van der Waals surface area contributed by atoms with E-state index < -0.39 is 0 Å². The molecule has 0 aromatic carbocycles. The first-order valence-corrected chi connectivity index (χ1v) is 7.76. The van der Waals surface area contributed by atoms with Crippen LogP contribution in [0.4, 0.5) is 0 Å². The van der Waals surface area contributed by atoms with Crippen LogP contribution in [0, 0.1) is 16.2 Å². The quantitative estimate of drug-likeness (QED) is 0.457. The maximum absolute atomic E-state index is 2.53. The molecule has 0 N–H and O–H groups in total. The Morgan fingerprint density at radius 1 is 0.529 bits per heavy atom. The average molecular weight is 240 g/mol. The highest BCUT2D eigenvalue weighted by atomic mass is 14.5. The number of rotatable bonds is 8. The van der Waals surface area contributed by atoms with Crippen molar-refractivity contribution in [3.05, 3.63) is 0 Å². The molecule has 0 nitrogen and oxygen atoms in total. The zero-order valence-corrected chi connectivity index (χ0v) is 13.7. The third-order valence-corrected chi connectivity index (χ3v) is 6.32. The lowest BCUT2D eigenvalue weighted by Gasteiger charge is -2.50. The van der Waals surface area contributed by atoms with E-state index in [1.54, 1.807) is 0 Å². The van der Waals surface area contributed by atoms with Gasteiger partial charge in [0.1, 0.15) is 0 Å². The molecular weight excluding hydrogens is 204 g/mol. The molecule has 0 bridgehead atoms. The number of hydrogen-bond acceptors (Lipinski definition) is 0. The second-order valence-corrected chi connectivity index (χ2v) is 6.88. The lowest BCUT2D eigenvalue weighted by molar-refractivity contribution is 0.00182. The van der Waals surface area contributed by atoms with Gasteiger partial charge in [0.25, 0.3) is 0 Å². The van der Waals surface area contributed by atoms with Gasteiger partial charge in [0.05, 0.1) is 0 Å². The molecule has 0 fully saturated rings. The molecular formula is C17H36. The van der Waals surface area contributed by atoms with Gasteiger partial charge in [0.2, 0.25) is 0 Å².